The lowest BCUT2D eigenvalue weighted by Gasteiger charge is -2.12. The molecule has 0 radical (unpaired) electrons. The highest BCUT2D eigenvalue weighted by Crippen LogP contribution is 2.40. The zero-order chi connectivity index (χ0) is 15.5. The molecule has 1 amide bonds. The van der Waals surface area contributed by atoms with Crippen molar-refractivity contribution in [3.63, 3.8) is 0 Å². The van der Waals surface area contributed by atoms with Crippen LogP contribution in [0.1, 0.15) is 24.6 Å². The van der Waals surface area contributed by atoms with E-state index in [2.05, 4.69) is 26.2 Å². The van der Waals surface area contributed by atoms with Crippen LogP contribution in [0.2, 0.25) is 0 Å². The number of carbonyl (C=O) groups excluding carboxylic acids is 1. The van der Waals surface area contributed by atoms with Gasteiger partial charge >= 0.3 is 0 Å². The van der Waals surface area contributed by atoms with Gasteiger partial charge in [0.05, 0.1) is 13.7 Å². The van der Waals surface area contributed by atoms with Gasteiger partial charge in [-0.05, 0) is 48.5 Å². The minimum absolute atomic E-state index is 0.113. The SMILES string of the molecule is CNCC(=O)Nc1ccc(OC)c(-n2nnnc2C2CC2)c1. The van der Waals surface area contributed by atoms with Crippen LogP contribution in [0.25, 0.3) is 5.69 Å². The van der Waals surface area contributed by atoms with Gasteiger partial charge in [-0.1, -0.05) is 0 Å². The maximum Gasteiger partial charge on any atom is 0.238 e. The lowest BCUT2D eigenvalue weighted by molar-refractivity contribution is -0.115. The summed E-state index contributed by atoms with van der Waals surface area (Å²) in [6, 6.07) is 5.40. The van der Waals surface area contributed by atoms with Crippen LogP contribution in [0.5, 0.6) is 5.75 Å². The van der Waals surface area contributed by atoms with Crippen molar-refractivity contribution < 1.29 is 9.53 Å². The summed E-state index contributed by atoms with van der Waals surface area (Å²) < 4.78 is 7.08. The molecule has 1 aliphatic rings. The number of nitrogens with one attached hydrogen (secondary N) is 2. The van der Waals surface area contributed by atoms with Crippen molar-refractivity contribution in [3.8, 4) is 11.4 Å². The highest BCUT2D eigenvalue weighted by atomic mass is 16.5. The van der Waals surface area contributed by atoms with Crippen LogP contribution >= 0.6 is 0 Å². The van der Waals surface area contributed by atoms with Crippen LogP contribution in [0.4, 0.5) is 5.69 Å². The van der Waals surface area contributed by atoms with Gasteiger partial charge in [0.2, 0.25) is 5.91 Å². The first kappa shape index (κ1) is 14.5. The van der Waals surface area contributed by atoms with Crippen LogP contribution in [-0.4, -0.2) is 46.8 Å². The molecule has 2 aromatic rings. The Morgan fingerprint density at radius 2 is 2.27 bits per heavy atom. The first-order valence-electron chi connectivity index (χ1n) is 7.14. The summed E-state index contributed by atoms with van der Waals surface area (Å²) in [5.74, 6) is 1.78. The largest absolute Gasteiger partial charge is 0.494 e. The Bertz CT molecular complexity index is 680. The molecule has 0 unspecified atom stereocenters. The summed E-state index contributed by atoms with van der Waals surface area (Å²) in [6.07, 6.45) is 2.20. The topological polar surface area (TPSA) is 94.0 Å². The monoisotopic (exact) mass is 302 g/mol. The molecule has 0 atom stereocenters. The molecule has 1 aromatic carbocycles. The van der Waals surface area contributed by atoms with E-state index in [0.717, 1.165) is 24.4 Å². The van der Waals surface area contributed by atoms with Crippen molar-refractivity contribution in [2.75, 3.05) is 26.0 Å². The molecular weight excluding hydrogens is 284 g/mol. The number of methoxy groups -OCH3 is 1. The Hall–Kier alpha value is -2.48. The zero-order valence-corrected chi connectivity index (χ0v) is 12.5. The summed E-state index contributed by atoms with van der Waals surface area (Å²) in [7, 11) is 3.32. The first-order chi connectivity index (χ1) is 10.7. The van der Waals surface area contributed by atoms with E-state index in [1.54, 1.807) is 31.0 Å². The van der Waals surface area contributed by atoms with Gasteiger partial charge in [-0.3, -0.25) is 4.79 Å². The van der Waals surface area contributed by atoms with Crippen molar-refractivity contribution in [3.05, 3.63) is 24.0 Å². The van der Waals surface area contributed by atoms with Crippen molar-refractivity contribution in [2.45, 2.75) is 18.8 Å². The molecule has 8 heteroatoms. The highest BCUT2D eigenvalue weighted by Gasteiger charge is 2.30. The number of rotatable bonds is 6. The van der Waals surface area contributed by atoms with Gasteiger partial charge in [0.15, 0.2) is 5.82 Å². The fourth-order valence-electron chi connectivity index (χ4n) is 2.26. The van der Waals surface area contributed by atoms with E-state index in [9.17, 15) is 4.79 Å². The second kappa shape index (κ2) is 6.10. The van der Waals surface area contributed by atoms with Crippen LogP contribution in [0.3, 0.4) is 0 Å². The van der Waals surface area contributed by atoms with Crippen LogP contribution in [0.15, 0.2) is 18.2 Å². The van der Waals surface area contributed by atoms with E-state index >= 15 is 0 Å². The molecule has 1 saturated carbocycles. The number of hydrogen-bond donors (Lipinski definition) is 2. The van der Waals surface area contributed by atoms with Crippen molar-refractivity contribution in [1.82, 2.24) is 25.5 Å². The molecule has 116 valence electrons. The summed E-state index contributed by atoms with van der Waals surface area (Å²) >= 11 is 0. The number of benzene rings is 1. The second-order valence-electron chi connectivity index (χ2n) is 5.19. The number of carbonyl (C=O) groups is 1. The quantitative estimate of drug-likeness (QED) is 0.816. The molecule has 2 N–H and O–H groups in total. The number of ether oxygens (including phenoxy) is 1. The van der Waals surface area contributed by atoms with Gasteiger partial charge in [0.25, 0.3) is 0 Å². The predicted octanol–water partition coefficient (Wildman–Crippen LogP) is 0.706. The number of aromatic nitrogens is 4. The Morgan fingerprint density at radius 3 is 2.95 bits per heavy atom. The Balaban J connectivity index is 1.94. The maximum atomic E-state index is 11.7. The van der Waals surface area contributed by atoms with Gasteiger partial charge in [-0.15, -0.1) is 5.10 Å². The third-order valence-electron chi connectivity index (χ3n) is 3.46. The molecule has 1 fully saturated rings. The average Bonchev–Trinajstić information content (AvgIpc) is 3.24. The molecule has 1 aliphatic carbocycles. The Kier molecular flexibility index (Phi) is 4.01. The number of hydrogen-bond acceptors (Lipinski definition) is 6. The van der Waals surface area contributed by atoms with Crippen molar-refractivity contribution >= 4 is 11.6 Å². The maximum absolute atomic E-state index is 11.7. The first-order valence-corrected chi connectivity index (χ1v) is 7.14. The van der Waals surface area contributed by atoms with Gasteiger partial charge in [-0.25, -0.2) is 0 Å². The smallest absolute Gasteiger partial charge is 0.238 e. The van der Waals surface area contributed by atoms with E-state index in [-0.39, 0.29) is 12.5 Å². The molecule has 0 spiro atoms. The molecule has 0 bridgehead atoms. The third-order valence-corrected chi connectivity index (χ3v) is 3.46. The second-order valence-corrected chi connectivity index (χ2v) is 5.19. The van der Waals surface area contributed by atoms with Crippen molar-refractivity contribution in [1.29, 1.82) is 0 Å². The van der Waals surface area contributed by atoms with E-state index in [0.29, 0.717) is 17.4 Å². The minimum atomic E-state index is -0.113. The van der Waals surface area contributed by atoms with Gasteiger partial charge in [0.1, 0.15) is 11.4 Å². The minimum Gasteiger partial charge on any atom is -0.494 e. The number of nitrogens with zero attached hydrogens (tertiary/aromatic N) is 4. The van der Waals surface area contributed by atoms with Crippen molar-refractivity contribution in [2.24, 2.45) is 0 Å². The van der Waals surface area contributed by atoms with E-state index in [4.69, 9.17) is 4.74 Å². The van der Waals surface area contributed by atoms with Gasteiger partial charge < -0.3 is 15.4 Å². The normalized spacial score (nSPS) is 13.9. The Labute approximate surface area is 127 Å². The van der Waals surface area contributed by atoms with E-state index < -0.39 is 0 Å². The lowest BCUT2D eigenvalue weighted by atomic mass is 10.2. The summed E-state index contributed by atoms with van der Waals surface area (Å²) in [5.41, 5.74) is 1.39. The zero-order valence-electron chi connectivity index (χ0n) is 12.5. The standard InChI is InChI=1S/C14H18N6O2/c1-15-8-13(21)16-10-5-6-12(22-2)11(7-10)20-14(9-3-4-9)17-18-19-20/h5-7,9,15H,3-4,8H2,1-2H3,(H,16,21). The fourth-order valence-corrected chi connectivity index (χ4v) is 2.26. The molecule has 3 rings (SSSR count). The number of anilines is 1. The molecule has 0 saturated heterocycles. The molecular formula is C14H18N6O2. The van der Waals surface area contributed by atoms with Gasteiger partial charge in [0, 0.05) is 11.6 Å². The van der Waals surface area contributed by atoms with E-state index in [1.807, 2.05) is 6.07 Å². The molecule has 22 heavy (non-hydrogen) atoms. The van der Waals surface area contributed by atoms with Crippen LogP contribution in [-0.2, 0) is 4.79 Å². The number of likely N-dealkylation sites (N-methyl/N-ethyl adjacent to an activating group) is 1. The third kappa shape index (κ3) is 2.91. The lowest BCUT2D eigenvalue weighted by Crippen LogP contribution is -2.25. The number of tetrazole rings is 1. The molecule has 1 heterocycles. The molecule has 8 nitrogen and oxygen atoms in total. The molecule has 0 aliphatic heterocycles. The van der Waals surface area contributed by atoms with Crippen LogP contribution < -0.4 is 15.4 Å². The summed E-state index contributed by atoms with van der Waals surface area (Å²) in [6.45, 7) is 0.250. The van der Waals surface area contributed by atoms with Gasteiger partial charge in [-0.2, -0.15) is 4.68 Å². The predicted molar refractivity (Wildman–Crippen MR) is 80.2 cm³/mol. The summed E-state index contributed by atoms with van der Waals surface area (Å²) in [4.78, 5) is 11.7. The van der Waals surface area contributed by atoms with Crippen LogP contribution in [0, 0.1) is 0 Å². The Morgan fingerprint density at radius 1 is 1.45 bits per heavy atom. The highest BCUT2D eigenvalue weighted by molar-refractivity contribution is 5.92. The number of amides is 1. The summed E-state index contributed by atoms with van der Waals surface area (Å²) in [5, 5.41) is 17.6. The van der Waals surface area contributed by atoms with E-state index in [1.165, 1.54) is 0 Å². The molecule has 1 aromatic heterocycles. The average molecular weight is 302 g/mol. The fraction of sp³-hybridized carbons (Fsp3) is 0.429.